The van der Waals surface area contributed by atoms with Gasteiger partial charge in [-0.1, -0.05) is 12.1 Å². The first-order valence-corrected chi connectivity index (χ1v) is 7.49. The molecule has 2 N–H and O–H groups in total. The van der Waals surface area contributed by atoms with E-state index in [0.717, 1.165) is 11.3 Å². The molecule has 1 aliphatic rings. The van der Waals surface area contributed by atoms with Crippen LogP contribution in [-0.4, -0.2) is 0 Å². The van der Waals surface area contributed by atoms with Crippen molar-refractivity contribution in [2.75, 3.05) is 5.73 Å². The quantitative estimate of drug-likeness (QED) is 0.670. The molecule has 3 heteroatoms. The van der Waals surface area contributed by atoms with E-state index in [0.29, 0.717) is 0 Å². The number of hydrogen-bond donors (Lipinski definition) is 1. The number of anilines is 1. The highest BCUT2D eigenvalue weighted by Crippen LogP contribution is 2.29. The summed E-state index contributed by atoms with van der Waals surface area (Å²) in [5.41, 5.74) is 9.63. The molecule has 1 nitrogen and oxygen atoms in total. The van der Waals surface area contributed by atoms with Gasteiger partial charge in [0, 0.05) is 10.6 Å². The summed E-state index contributed by atoms with van der Waals surface area (Å²) in [4.78, 5) is 1.26. The van der Waals surface area contributed by atoms with Crippen LogP contribution in [0.1, 0.15) is 23.1 Å². The van der Waals surface area contributed by atoms with E-state index in [9.17, 15) is 4.39 Å². The maximum absolute atomic E-state index is 13.4. The molecule has 3 rings (SSSR count). The molecule has 98 valence electrons. The van der Waals surface area contributed by atoms with Crippen LogP contribution in [-0.2, 0) is 18.6 Å². The lowest BCUT2D eigenvalue weighted by Gasteiger charge is -2.06. The molecule has 0 radical (unpaired) electrons. The van der Waals surface area contributed by atoms with Crippen molar-refractivity contribution in [3.63, 3.8) is 0 Å². The molecule has 0 unspecified atom stereocenters. The van der Waals surface area contributed by atoms with Gasteiger partial charge in [0.15, 0.2) is 0 Å². The molecule has 0 saturated carbocycles. The van der Waals surface area contributed by atoms with Crippen LogP contribution in [0.25, 0.3) is 0 Å². The largest absolute Gasteiger partial charge is 0.396 e. The Morgan fingerprint density at radius 1 is 1.05 bits per heavy atom. The first-order valence-electron chi connectivity index (χ1n) is 6.51. The number of nitrogen functional groups attached to an aromatic ring is 1. The summed E-state index contributed by atoms with van der Waals surface area (Å²) >= 11 is 1.75. The second kappa shape index (κ2) is 5.25. The van der Waals surface area contributed by atoms with Crippen molar-refractivity contribution in [2.24, 2.45) is 0 Å². The Balaban J connectivity index is 1.70. The average Bonchev–Trinajstić information content (AvgIpc) is 2.87. The molecule has 0 aromatic heterocycles. The number of benzene rings is 2. The molecule has 0 bridgehead atoms. The van der Waals surface area contributed by atoms with Gasteiger partial charge in [0.05, 0.1) is 5.69 Å². The van der Waals surface area contributed by atoms with Crippen molar-refractivity contribution in [2.45, 2.75) is 29.9 Å². The van der Waals surface area contributed by atoms with E-state index >= 15 is 0 Å². The van der Waals surface area contributed by atoms with E-state index in [2.05, 4.69) is 18.2 Å². The van der Waals surface area contributed by atoms with Gasteiger partial charge in [-0.05, 0) is 60.2 Å². The lowest BCUT2D eigenvalue weighted by atomic mass is 10.1. The van der Waals surface area contributed by atoms with Gasteiger partial charge in [0.25, 0.3) is 0 Å². The average molecular weight is 273 g/mol. The molecule has 1 aliphatic carbocycles. The van der Waals surface area contributed by atoms with Crippen molar-refractivity contribution in [1.82, 2.24) is 0 Å². The Bertz CT molecular complexity index is 610. The predicted octanol–water partition coefficient (Wildman–Crippen LogP) is 4.19. The molecule has 0 saturated heterocycles. The number of nitrogens with two attached hydrogens (primary N) is 1. The summed E-state index contributed by atoms with van der Waals surface area (Å²) in [6, 6.07) is 11.7. The fourth-order valence-corrected chi connectivity index (χ4v) is 3.37. The summed E-state index contributed by atoms with van der Waals surface area (Å²) in [5, 5.41) is 0. The van der Waals surface area contributed by atoms with Crippen LogP contribution < -0.4 is 5.73 Å². The van der Waals surface area contributed by atoms with Crippen molar-refractivity contribution in [1.29, 1.82) is 0 Å². The topological polar surface area (TPSA) is 26.0 Å². The molecule has 0 heterocycles. The van der Waals surface area contributed by atoms with Gasteiger partial charge in [-0.15, -0.1) is 11.8 Å². The minimum atomic E-state index is -0.327. The van der Waals surface area contributed by atoms with Crippen LogP contribution in [0.2, 0.25) is 0 Å². The molecule has 19 heavy (non-hydrogen) atoms. The van der Waals surface area contributed by atoms with Gasteiger partial charge in [0.1, 0.15) is 5.82 Å². The Hall–Kier alpha value is -1.48. The zero-order chi connectivity index (χ0) is 13.2. The summed E-state index contributed by atoms with van der Waals surface area (Å²) in [7, 11) is 0. The third-order valence-corrected chi connectivity index (χ3v) is 4.61. The normalized spacial score (nSPS) is 13.5. The molecule has 2 aromatic carbocycles. The Labute approximate surface area is 117 Å². The molecular formula is C16H16FNS. The lowest BCUT2D eigenvalue weighted by Crippen LogP contribution is -1.92. The summed E-state index contributed by atoms with van der Waals surface area (Å²) in [5.74, 6) is 0.447. The van der Waals surface area contributed by atoms with Gasteiger partial charge < -0.3 is 5.73 Å². The second-order valence-electron chi connectivity index (χ2n) is 4.93. The van der Waals surface area contributed by atoms with Gasteiger partial charge in [0.2, 0.25) is 0 Å². The van der Waals surface area contributed by atoms with Crippen LogP contribution in [0, 0.1) is 5.82 Å². The SMILES string of the molecule is Nc1ccc(CSc2ccc3c(c2)CCC3)cc1F. The van der Waals surface area contributed by atoms with E-state index in [4.69, 9.17) is 5.73 Å². The molecule has 0 amide bonds. The van der Waals surface area contributed by atoms with Crippen LogP contribution in [0.15, 0.2) is 41.3 Å². The number of aryl methyl sites for hydroxylation is 2. The molecular weight excluding hydrogens is 257 g/mol. The Morgan fingerprint density at radius 3 is 2.74 bits per heavy atom. The maximum atomic E-state index is 13.4. The van der Waals surface area contributed by atoms with Crippen LogP contribution in [0.4, 0.5) is 10.1 Å². The van der Waals surface area contributed by atoms with E-state index in [-0.39, 0.29) is 11.5 Å². The first kappa shape index (κ1) is 12.5. The second-order valence-corrected chi connectivity index (χ2v) is 5.98. The minimum Gasteiger partial charge on any atom is -0.396 e. The Morgan fingerprint density at radius 2 is 1.89 bits per heavy atom. The fourth-order valence-electron chi connectivity index (χ4n) is 2.47. The van der Waals surface area contributed by atoms with Crippen molar-refractivity contribution < 1.29 is 4.39 Å². The van der Waals surface area contributed by atoms with Crippen LogP contribution in [0.3, 0.4) is 0 Å². The van der Waals surface area contributed by atoms with Crippen molar-refractivity contribution in [3.8, 4) is 0 Å². The standard InChI is InChI=1S/C16H16FNS/c17-15-8-11(4-7-16(15)18)10-19-14-6-5-12-2-1-3-13(12)9-14/h4-9H,1-3,10,18H2. The van der Waals surface area contributed by atoms with Gasteiger partial charge in [-0.3, -0.25) is 0 Å². The van der Waals surface area contributed by atoms with Gasteiger partial charge in [-0.25, -0.2) is 4.39 Å². The molecule has 0 fully saturated rings. The highest BCUT2D eigenvalue weighted by Gasteiger charge is 2.11. The maximum Gasteiger partial charge on any atom is 0.146 e. The number of thioether (sulfide) groups is 1. The molecule has 0 aliphatic heterocycles. The molecule has 0 atom stereocenters. The van der Waals surface area contributed by atoms with E-state index in [1.165, 1.54) is 41.4 Å². The first-order chi connectivity index (χ1) is 9.22. The zero-order valence-corrected chi connectivity index (χ0v) is 11.5. The molecule has 0 spiro atoms. The predicted molar refractivity (Wildman–Crippen MR) is 78.8 cm³/mol. The third-order valence-electron chi connectivity index (χ3n) is 3.54. The highest BCUT2D eigenvalue weighted by molar-refractivity contribution is 7.98. The summed E-state index contributed by atoms with van der Waals surface area (Å²) < 4.78 is 13.4. The van der Waals surface area contributed by atoms with Crippen molar-refractivity contribution in [3.05, 3.63) is 58.9 Å². The summed E-state index contributed by atoms with van der Waals surface area (Å²) in [6.07, 6.45) is 3.68. The summed E-state index contributed by atoms with van der Waals surface area (Å²) in [6.45, 7) is 0. The van der Waals surface area contributed by atoms with Crippen molar-refractivity contribution >= 4 is 17.4 Å². The third kappa shape index (κ3) is 2.76. The number of halogens is 1. The smallest absolute Gasteiger partial charge is 0.146 e. The van der Waals surface area contributed by atoms with Crippen LogP contribution >= 0.6 is 11.8 Å². The van der Waals surface area contributed by atoms with Crippen LogP contribution in [0.5, 0.6) is 0 Å². The number of fused-ring (bicyclic) bond motifs is 1. The van der Waals surface area contributed by atoms with E-state index in [1.807, 2.05) is 6.07 Å². The monoisotopic (exact) mass is 273 g/mol. The minimum absolute atomic E-state index is 0.214. The van der Waals surface area contributed by atoms with Gasteiger partial charge >= 0.3 is 0 Å². The van der Waals surface area contributed by atoms with Gasteiger partial charge in [-0.2, -0.15) is 0 Å². The van der Waals surface area contributed by atoms with E-state index in [1.54, 1.807) is 17.8 Å². The number of rotatable bonds is 3. The lowest BCUT2D eigenvalue weighted by molar-refractivity contribution is 0.631. The highest BCUT2D eigenvalue weighted by atomic mass is 32.2. The Kier molecular flexibility index (Phi) is 3.47. The molecule has 2 aromatic rings. The number of hydrogen-bond acceptors (Lipinski definition) is 2. The zero-order valence-electron chi connectivity index (χ0n) is 10.7. The van der Waals surface area contributed by atoms with E-state index < -0.39 is 0 Å². The fraction of sp³-hybridized carbons (Fsp3) is 0.250.